The minimum absolute atomic E-state index is 0.155. The van der Waals surface area contributed by atoms with Crippen LogP contribution >= 0.6 is 11.8 Å². The van der Waals surface area contributed by atoms with Crippen LogP contribution < -0.4 is 19.5 Å². The molecule has 0 fully saturated rings. The van der Waals surface area contributed by atoms with Crippen molar-refractivity contribution in [3.63, 3.8) is 0 Å². The van der Waals surface area contributed by atoms with E-state index in [-0.39, 0.29) is 11.7 Å². The van der Waals surface area contributed by atoms with E-state index in [4.69, 9.17) is 14.2 Å². The number of carbonyl (C=O) groups excluding carboxylic acids is 1. The van der Waals surface area contributed by atoms with Crippen LogP contribution in [0.2, 0.25) is 0 Å². The van der Waals surface area contributed by atoms with Crippen LogP contribution in [0.25, 0.3) is 22.4 Å². The number of hydrogen-bond donors (Lipinski definition) is 1. The van der Waals surface area contributed by atoms with Gasteiger partial charge in [-0.2, -0.15) is 5.10 Å². The van der Waals surface area contributed by atoms with Crippen molar-refractivity contribution in [3.8, 4) is 28.5 Å². The van der Waals surface area contributed by atoms with Gasteiger partial charge in [-0.3, -0.25) is 9.20 Å². The Labute approximate surface area is 204 Å². The molecule has 5 rings (SSSR count). The molecule has 0 spiro atoms. The Morgan fingerprint density at radius 3 is 2.31 bits per heavy atom. The van der Waals surface area contributed by atoms with Crippen molar-refractivity contribution >= 4 is 34.5 Å². The van der Waals surface area contributed by atoms with Gasteiger partial charge in [0, 0.05) is 41.8 Å². The molecule has 3 heterocycles. The van der Waals surface area contributed by atoms with Gasteiger partial charge >= 0.3 is 0 Å². The lowest BCUT2D eigenvalue weighted by atomic mass is 10.1. The molecule has 178 valence electrons. The fourth-order valence-electron chi connectivity index (χ4n) is 3.60. The third-order valence-corrected chi connectivity index (χ3v) is 6.28. The highest BCUT2D eigenvalue weighted by Crippen LogP contribution is 2.27. The van der Waals surface area contributed by atoms with E-state index < -0.39 is 0 Å². The van der Waals surface area contributed by atoms with Crippen molar-refractivity contribution in [1.29, 1.82) is 0 Å². The number of thioether (sulfide) groups is 1. The van der Waals surface area contributed by atoms with E-state index in [9.17, 15) is 4.79 Å². The molecule has 1 amide bonds. The lowest BCUT2D eigenvalue weighted by molar-refractivity contribution is -0.113. The zero-order valence-electron chi connectivity index (χ0n) is 19.3. The fraction of sp³-hybridized carbons (Fsp3) is 0.167. The molecule has 0 aliphatic heterocycles. The first-order chi connectivity index (χ1) is 17.1. The number of ether oxygens (including phenoxy) is 3. The van der Waals surface area contributed by atoms with Crippen LogP contribution in [0.3, 0.4) is 0 Å². The number of rotatable bonds is 8. The molecule has 10 nitrogen and oxygen atoms in total. The highest BCUT2D eigenvalue weighted by atomic mass is 32.2. The average molecular weight is 491 g/mol. The van der Waals surface area contributed by atoms with Crippen LogP contribution in [0, 0.1) is 0 Å². The number of aromatic nitrogens is 5. The summed E-state index contributed by atoms with van der Waals surface area (Å²) in [4.78, 5) is 12.6. The predicted octanol–water partition coefficient (Wildman–Crippen LogP) is 3.80. The number of anilines is 1. The molecule has 2 aromatic carbocycles. The van der Waals surface area contributed by atoms with Crippen molar-refractivity contribution < 1.29 is 19.0 Å². The number of benzene rings is 2. The minimum Gasteiger partial charge on any atom is -0.497 e. The Balaban J connectivity index is 1.33. The van der Waals surface area contributed by atoms with Crippen LogP contribution in [0.1, 0.15) is 0 Å². The van der Waals surface area contributed by atoms with Crippen LogP contribution in [0.5, 0.6) is 17.2 Å². The van der Waals surface area contributed by atoms with Gasteiger partial charge in [-0.15, -0.1) is 10.2 Å². The van der Waals surface area contributed by atoms with Gasteiger partial charge in [0.1, 0.15) is 22.8 Å². The fourth-order valence-corrected chi connectivity index (χ4v) is 4.32. The van der Waals surface area contributed by atoms with Gasteiger partial charge in [-0.05, 0) is 30.3 Å². The Morgan fingerprint density at radius 2 is 1.63 bits per heavy atom. The molecule has 0 unspecified atom stereocenters. The Kier molecular flexibility index (Phi) is 6.15. The standard InChI is InChI=1S/C24H22N6O4S/c1-32-17-6-4-15(5-7-17)20-13-21-23-26-27-24(29(23)8-9-30(21)28-20)35-14-22(31)25-16-10-18(33-2)12-19(11-16)34-3/h4-13H,14H2,1-3H3,(H,25,31). The minimum atomic E-state index is -0.186. The van der Waals surface area contributed by atoms with Crippen LogP contribution in [0.15, 0.2) is 66.1 Å². The average Bonchev–Trinajstić information content (AvgIpc) is 3.51. The van der Waals surface area contributed by atoms with Crippen LogP contribution in [0.4, 0.5) is 5.69 Å². The summed E-state index contributed by atoms with van der Waals surface area (Å²) < 4.78 is 19.3. The second-order valence-corrected chi connectivity index (χ2v) is 8.44. The Hall–Kier alpha value is -4.25. The molecular weight excluding hydrogens is 468 g/mol. The number of amides is 1. The topological polar surface area (TPSA) is 104 Å². The monoisotopic (exact) mass is 490 g/mol. The maximum absolute atomic E-state index is 12.6. The summed E-state index contributed by atoms with van der Waals surface area (Å²) in [6.45, 7) is 0. The second-order valence-electron chi connectivity index (χ2n) is 7.50. The van der Waals surface area contributed by atoms with Gasteiger partial charge < -0.3 is 19.5 Å². The summed E-state index contributed by atoms with van der Waals surface area (Å²) in [5, 5.41) is 16.7. The molecule has 0 atom stereocenters. The summed E-state index contributed by atoms with van der Waals surface area (Å²) >= 11 is 1.29. The normalized spacial score (nSPS) is 11.1. The van der Waals surface area contributed by atoms with Crippen molar-refractivity contribution in [2.24, 2.45) is 0 Å². The third-order valence-electron chi connectivity index (χ3n) is 5.34. The first-order valence-electron chi connectivity index (χ1n) is 10.6. The number of nitrogens with one attached hydrogen (secondary N) is 1. The number of hydrogen-bond acceptors (Lipinski definition) is 8. The van der Waals surface area contributed by atoms with E-state index in [2.05, 4.69) is 20.6 Å². The largest absolute Gasteiger partial charge is 0.497 e. The lowest BCUT2D eigenvalue weighted by Gasteiger charge is -2.09. The summed E-state index contributed by atoms with van der Waals surface area (Å²) in [6, 6.07) is 14.9. The zero-order valence-corrected chi connectivity index (χ0v) is 20.1. The number of carbonyl (C=O) groups is 1. The van der Waals surface area contributed by atoms with E-state index in [0.717, 1.165) is 22.5 Å². The van der Waals surface area contributed by atoms with E-state index >= 15 is 0 Å². The van der Waals surface area contributed by atoms with E-state index in [0.29, 0.717) is 28.0 Å². The van der Waals surface area contributed by atoms with Crippen LogP contribution in [-0.4, -0.2) is 57.2 Å². The van der Waals surface area contributed by atoms with Gasteiger partial charge in [0.05, 0.1) is 32.8 Å². The predicted molar refractivity (Wildman–Crippen MR) is 133 cm³/mol. The Morgan fingerprint density at radius 1 is 0.914 bits per heavy atom. The summed E-state index contributed by atoms with van der Waals surface area (Å²) in [6.07, 6.45) is 3.67. The molecule has 0 aliphatic carbocycles. The van der Waals surface area contributed by atoms with Crippen molar-refractivity contribution in [1.82, 2.24) is 24.2 Å². The van der Waals surface area contributed by atoms with Crippen molar-refractivity contribution in [2.75, 3.05) is 32.4 Å². The summed E-state index contributed by atoms with van der Waals surface area (Å²) in [5.74, 6) is 1.94. The molecule has 0 saturated heterocycles. The molecule has 0 bridgehead atoms. The van der Waals surface area contributed by atoms with Crippen molar-refractivity contribution in [3.05, 3.63) is 60.9 Å². The smallest absolute Gasteiger partial charge is 0.234 e. The summed E-state index contributed by atoms with van der Waals surface area (Å²) in [7, 11) is 4.76. The van der Waals surface area contributed by atoms with Gasteiger partial charge in [-0.1, -0.05) is 11.8 Å². The molecule has 0 saturated carbocycles. The maximum atomic E-state index is 12.6. The number of fused-ring (bicyclic) bond motifs is 3. The lowest BCUT2D eigenvalue weighted by Crippen LogP contribution is -2.14. The number of methoxy groups -OCH3 is 3. The van der Waals surface area contributed by atoms with Gasteiger partial charge in [-0.25, -0.2) is 4.52 Å². The zero-order chi connectivity index (χ0) is 24.4. The first kappa shape index (κ1) is 22.5. The van der Waals surface area contributed by atoms with Crippen LogP contribution in [-0.2, 0) is 4.79 Å². The van der Waals surface area contributed by atoms with Gasteiger partial charge in [0.2, 0.25) is 5.91 Å². The van der Waals surface area contributed by atoms with E-state index in [1.807, 2.05) is 47.1 Å². The highest BCUT2D eigenvalue weighted by molar-refractivity contribution is 7.99. The van der Waals surface area contributed by atoms with E-state index in [1.165, 1.54) is 11.8 Å². The quantitative estimate of drug-likeness (QED) is 0.328. The molecule has 11 heteroatoms. The SMILES string of the molecule is COc1ccc(-c2cc3c4nnc(SCC(=O)Nc5cc(OC)cc(OC)c5)n4ccn3n2)cc1. The molecule has 3 aromatic heterocycles. The van der Waals surface area contributed by atoms with Crippen molar-refractivity contribution in [2.45, 2.75) is 5.16 Å². The third kappa shape index (κ3) is 4.58. The molecule has 5 aromatic rings. The van der Waals surface area contributed by atoms with Gasteiger partial charge in [0.25, 0.3) is 0 Å². The molecule has 35 heavy (non-hydrogen) atoms. The van der Waals surface area contributed by atoms with Gasteiger partial charge in [0.15, 0.2) is 10.8 Å². The first-order valence-corrected chi connectivity index (χ1v) is 11.6. The summed E-state index contributed by atoms with van der Waals surface area (Å²) in [5.41, 5.74) is 3.83. The Bertz CT molecular complexity index is 1490. The molecule has 0 aliphatic rings. The molecule has 0 radical (unpaired) electrons. The second kappa shape index (κ2) is 9.55. The van der Waals surface area contributed by atoms with E-state index in [1.54, 1.807) is 44.0 Å². The number of nitrogens with zero attached hydrogens (tertiary/aromatic N) is 5. The highest BCUT2D eigenvalue weighted by Gasteiger charge is 2.15. The molecular formula is C24H22N6O4S. The molecule has 1 N–H and O–H groups in total. The maximum Gasteiger partial charge on any atom is 0.234 e.